The van der Waals surface area contributed by atoms with E-state index in [1.807, 2.05) is 32.3 Å². The van der Waals surface area contributed by atoms with Crippen LogP contribution in [0.3, 0.4) is 0 Å². The van der Waals surface area contributed by atoms with Crippen molar-refractivity contribution in [1.29, 1.82) is 0 Å². The smallest absolute Gasteiger partial charge is 0.260 e. The predicted octanol–water partition coefficient (Wildman–Crippen LogP) is 4.12. The van der Waals surface area contributed by atoms with Gasteiger partial charge in [0.2, 0.25) is 10.0 Å². The molecule has 0 radical (unpaired) electrons. The molecule has 0 aliphatic carbocycles. The van der Waals surface area contributed by atoms with E-state index < -0.39 is 10.0 Å². The topological polar surface area (TPSA) is 92.3 Å². The zero-order valence-electron chi connectivity index (χ0n) is 22.1. The Kier molecular flexibility index (Phi) is 10.5. The zero-order chi connectivity index (χ0) is 26.6. The molecule has 208 valence electrons. The number of thiazole rings is 1. The molecule has 2 heterocycles. The van der Waals surface area contributed by atoms with Crippen molar-refractivity contribution < 1.29 is 22.7 Å². The Hall–Kier alpha value is -2.28. The van der Waals surface area contributed by atoms with Crippen LogP contribution in [0.25, 0.3) is 10.2 Å². The molecule has 1 aromatic heterocycles. The fraction of sp³-hybridized carbons (Fsp3) is 0.462. The van der Waals surface area contributed by atoms with Crippen molar-refractivity contribution in [1.82, 2.24) is 14.2 Å². The first-order valence-corrected chi connectivity index (χ1v) is 14.5. The number of aromatic nitrogens is 1. The summed E-state index contributed by atoms with van der Waals surface area (Å²) in [5, 5.41) is 0.597. The van der Waals surface area contributed by atoms with Crippen LogP contribution in [0.2, 0.25) is 0 Å². The molecule has 0 bridgehead atoms. The molecule has 1 unspecified atom stereocenters. The Morgan fingerprint density at radius 3 is 2.50 bits per heavy atom. The monoisotopic (exact) mass is 582 g/mol. The number of benzene rings is 2. The average molecular weight is 583 g/mol. The van der Waals surface area contributed by atoms with Gasteiger partial charge in [0.05, 0.1) is 28.3 Å². The summed E-state index contributed by atoms with van der Waals surface area (Å²) < 4.78 is 39.3. The van der Waals surface area contributed by atoms with Crippen molar-refractivity contribution in [2.24, 2.45) is 0 Å². The molecule has 1 saturated heterocycles. The quantitative estimate of drug-likeness (QED) is 0.336. The van der Waals surface area contributed by atoms with Crippen LogP contribution < -0.4 is 9.64 Å². The highest BCUT2D eigenvalue weighted by molar-refractivity contribution is 7.89. The van der Waals surface area contributed by atoms with E-state index >= 15 is 0 Å². The predicted molar refractivity (Wildman–Crippen MR) is 153 cm³/mol. The highest BCUT2D eigenvalue weighted by Crippen LogP contribution is 2.32. The molecule has 0 spiro atoms. The van der Waals surface area contributed by atoms with Crippen LogP contribution >= 0.6 is 23.7 Å². The van der Waals surface area contributed by atoms with Crippen LogP contribution in [-0.2, 0) is 14.8 Å². The lowest BCUT2D eigenvalue weighted by Gasteiger charge is -2.22. The molecule has 0 N–H and O–H groups in total. The average Bonchev–Trinajstić information content (AvgIpc) is 3.55. The first-order chi connectivity index (χ1) is 17.7. The largest absolute Gasteiger partial charge is 0.497 e. The Labute approximate surface area is 234 Å². The molecule has 12 heteroatoms. The molecule has 4 rings (SSSR count). The van der Waals surface area contributed by atoms with Gasteiger partial charge in [0.25, 0.3) is 5.91 Å². The van der Waals surface area contributed by atoms with E-state index in [-0.39, 0.29) is 29.3 Å². The number of hydrogen-bond donors (Lipinski definition) is 0. The SMILES string of the molecule is COc1ccc2sc(N(CCCN(C)C)C(=O)c3ccc(S(=O)(=O)N(C)CC4CCCO4)cc3)nc2c1.Cl. The second kappa shape index (κ2) is 13.2. The minimum absolute atomic E-state index is 0. The van der Waals surface area contributed by atoms with Gasteiger partial charge in [0.1, 0.15) is 5.75 Å². The molecule has 0 saturated carbocycles. The number of carbonyl (C=O) groups excluding carboxylic acids is 1. The maximum absolute atomic E-state index is 13.6. The van der Waals surface area contributed by atoms with Crippen LogP contribution in [0.4, 0.5) is 5.13 Å². The van der Waals surface area contributed by atoms with Crippen LogP contribution in [0, 0.1) is 0 Å². The molecule has 1 aliphatic rings. The van der Waals surface area contributed by atoms with Gasteiger partial charge >= 0.3 is 0 Å². The molecule has 1 atom stereocenters. The molecule has 2 aromatic carbocycles. The Morgan fingerprint density at radius 1 is 1.13 bits per heavy atom. The van der Waals surface area contributed by atoms with Gasteiger partial charge in [0.15, 0.2) is 5.13 Å². The van der Waals surface area contributed by atoms with Crippen molar-refractivity contribution in [3.63, 3.8) is 0 Å². The van der Waals surface area contributed by atoms with Crippen LogP contribution in [0.1, 0.15) is 29.6 Å². The maximum atomic E-state index is 13.6. The van der Waals surface area contributed by atoms with E-state index in [4.69, 9.17) is 14.5 Å². The number of rotatable bonds is 11. The number of halogens is 1. The summed E-state index contributed by atoms with van der Waals surface area (Å²) in [6.07, 6.45) is 2.49. The highest BCUT2D eigenvalue weighted by Gasteiger charge is 2.27. The van der Waals surface area contributed by atoms with Crippen LogP contribution in [-0.4, -0.2) is 89.1 Å². The number of nitrogens with zero attached hydrogens (tertiary/aromatic N) is 4. The molecule has 1 aliphatic heterocycles. The summed E-state index contributed by atoms with van der Waals surface area (Å²) in [5.41, 5.74) is 1.17. The third kappa shape index (κ3) is 7.02. The van der Waals surface area contributed by atoms with Gasteiger partial charge in [-0.25, -0.2) is 13.4 Å². The molecule has 38 heavy (non-hydrogen) atoms. The second-order valence-corrected chi connectivity index (χ2v) is 12.4. The Balaban J connectivity index is 0.00000400. The summed E-state index contributed by atoms with van der Waals surface area (Å²) in [5.74, 6) is 0.484. The van der Waals surface area contributed by atoms with Crippen molar-refractivity contribution in [2.45, 2.75) is 30.3 Å². The van der Waals surface area contributed by atoms with Crippen molar-refractivity contribution in [3.8, 4) is 5.75 Å². The van der Waals surface area contributed by atoms with Crippen LogP contribution in [0.15, 0.2) is 47.4 Å². The summed E-state index contributed by atoms with van der Waals surface area (Å²) >= 11 is 1.44. The Morgan fingerprint density at radius 2 is 1.87 bits per heavy atom. The van der Waals surface area contributed by atoms with E-state index in [1.165, 1.54) is 27.8 Å². The number of amides is 1. The summed E-state index contributed by atoms with van der Waals surface area (Å²) in [6.45, 7) is 2.28. The fourth-order valence-electron chi connectivity index (χ4n) is 4.25. The first kappa shape index (κ1) is 30.3. The van der Waals surface area contributed by atoms with Gasteiger partial charge < -0.3 is 14.4 Å². The van der Waals surface area contributed by atoms with Gasteiger partial charge in [-0.1, -0.05) is 11.3 Å². The number of likely N-dealkylation sites (N-methyl/N-ethyl adjacent to an activating group) is 1. The molecule has 3 aromatic rings. The molecule has 9 nitrogen and oxygen atoms in total. The first-order valence-electron chi connectivity index (χ1n) is 12.3. The zero-order valence-corrected chi connectivity index (χ0v) is 24.6. The number of methoxy groups -OCH3 is 1. The lowest BCUT2D eigenvalue weighted by atomic mass is 10.2. The van der Waals surface area contributed by atoms with Crippen molar-refractivity contribution >= 4 is 55.0 Å². The number of sulfonamides is 1. The Bertz CT molecular complexity index is 1330. The van der Waals surface area contributed by atoms with Gasteiger partial charge in [-0.15, -0.1) is 12.4 Å². The lowest BCUT2D eigenvalue weighted by molar-refractivity contribution is 0.0978. The highest BCUT2D eigenvalue weighted by atomic mass is 35.5. The number of carbonyl (C=O) groups is 1. The molecular formula is C26H35ClN4O5S2. The molecule has 1 fully saturated rings. The standard InChI is InChI=1S/C26H34N4O5S2.ClH/c1-28(2)14-6-15-30(26-27-23-17-20(34-4)10-13-24(23)36-26)25(31)19-8-11-22(12-9-19)37(32,33)29(3)18-21-7-5-16-35-21;/h8-13,17,21H,5-7,14-16,18H2,1-4H3;1H. The van der Waals surface area contributed by atoms with Crippen molar-refractivity contribution in [3.05, 3.63) is 48.0 Å². The molecular weight excluding hydrogens is 548 g/mol. The van der Waals surface area contributed by atoms with Gasteiger partial charge in [0, 0.05) is 38.4 Å². The van der Waals surface area contributed by atoms with Crippen molar-refractivity contribution in [2.75, 3.05) is 59.4 Å². The van der Waals surface area contributed by atoms with E-state index in [2.05, 4.69) is 4.90 Å². The normalized spacial score (nSPS) is 15.7. The minimum Gasteiger partial charge on any atom is -0.497 e. The summed E-state index contributed by atoms with van der Waals surface area (Å²) in [7, 11) is 3.46. The number of anilines is 1. The van der Waals surface area contributed by atoms with E-state index in [0.717, 1.165) is 36.0 Å². The maximum Gasteiger partial charge on any atom is 0.260 e. The second-order valence-electron chi connectivity index (χ2n) is 9.39. The third-order valence-electron chi connectivity index (χ3n) is 6.34. The minimum atomic E-state index is -3.69. The third-order valence-corrected chi connectivity index (χ3v) is 9.24. The molecule has 1 amide bonds. The fourth-order valence-corrected chi connectivity index (χ4v) is 6.42. The number of fused-ring (bicyclic) bond motifs is 1. The number of ether oxygens (including phenoxy) is 2. The number of hydrogen-bond acceptors (Lipinski definition) is 8. The van der Waals surface area contributed by atoms with Gasteiger partial charge in [-0.2, -0.15) is 4.31 Å². The van der Waals surface area contributed by atoms with Gasteiger partial charge in [-0.3, -0.25) is 9.69 Å². The summed E-state index contributed by atoms with van der Waals surface area (Å²) in [4.78, 5) is 22.2. The lowest BCUT2D eigenvalue weighted by Crippen LogP contribution is -2.34. The van der Waals surface area contributed by atoms with Crippen LogP contribution in [0.5, 0.6) is 5.75 Å². The van der Waals surface area contributed by atoms with E-state index in [1.54, 1.807) is 31.2 Å². The van der Waals surface area contributed by atoms with E-state index in [9.17, 15) is 13.2 Å². The van der Waals surface area contributed by atoms with E-state index in [0.29, 0.717) is 36.1 Å². The van der Waals surface area contributed by atoms with Gasteiger partial charge in [-0.05, 0) is 76.3 Å². The summed E-state index contributed by atoms with van der Waals surface area (Å²) in [6, 6.07) is 11.8.